The molecule has 2 heterocycles. The third kappa shape index (κ3) is 3.06. The van der Waals surface area contributed by atoms with Crippen LogP contribution in [-0.4, -0.2) is 40.1 Å². The van der Waals surface area contributed by atoms with E-state index >= 15 is 0 Å². The van der Waals surface area contributed by atoms with E-state index in [2.05, 4.69) is 4.98 Å². The number of amides is 1. The fourth-order valence-corrected chi connectivity index (χ4v) is 3.88. The zero-order chi connectivity index (χ0) is 14.8. The lowest BCUT2D eigenvalue weighted by molar-refractivity contribution is -0.131. The van der Waals surface area contributed by atoms with Crippen molar-refractivity contribution in [2.24, 2.45) is 5.92 Å². The number of aromatic nitrogens is 1. The number of hydrogen-bond acceptors (Lipinski definition) is 3. The van der Waals surface area contributed by atoms with E-state index < -0.39 is 0 Å². The number of pyridine rings is 1. The highest BCUT2D eigenvalue weighted by atomic mass is 35.5. The maximum absolute atomic E-state index is 11.9. The summed E-state index contributed by atoms with van der Waals surface area (Å²) in [5, 5.41) is 10.4. The first-order valence-corrected chi connectivity index (χ1v) is 8.08. The number of carbonyl (C=O) groups excluding carboxylic acids is 1. The van der Waals surface area contributed by atoms with Crippen LogP contribution in [0.1, 0.15) is 43.7 Å². The Morgan fingerprint density at radius 1 is 1.38 bits per heavy atom. The van der Waals surface area contributed by atoms with Gasteiger partial charge in [0.1, 0.15) is 0 Å². The van der Waals surface area contributed by atoms with E-state index in [1.165, 1.54) is 0 Å². The maximum atomic E-state index is 11.9. The monoisotopic (exact) mass is 308 g/mol. The lowest BCUT2D eigenvalue weighted by atomic mass is 9.76. The molecule has 1 aliphatic carbocycles. The van der Waals surface area contributed by atoms with Crippen LogP contribution < -0.4 is 0 Å². The van der Waals surface area contributed by atoms with Crippen LogP contribution in [-0.2, 0) is 4.79 Å². The summed E-state index contributed by atoms with van der Waals surface area (Å²) in [5.74, 6) is 0.762. The molecule has 1 N–H and O–H groups in total. The molecule has 2 aliphatic rings. The fraction of sp³-hybridized carbons (Fsp3) is 0.625. The third-order valence-electron chi connectivity index (χ3n) is 4.86. The molecule has 1 aliphatic heterocycles. The van der Waals surface area contributed by atoms with E-state index in [0.717, 1.165) is 37.9 Å². The summed E-state index contributed by atoms with van der Waals surface area (Å²) in [6.45, 7) is 0.988. The van der Waals surface area contributed by atoms with Gasteiger partial charge in [0.05, 0.1) is 5.02 Å². The van der Waals surface area contributed by atoms with Gasteiger partial charge in [0.25, 0.3) is 0 Å². The van der Waals surface area contributed by atoms with Crippen molar-refractivity contribution < 1.29 is 9.90 Å². The molecule has 5 heteroatoms. The highest BCUT2D eigenvalue weighted by Gasteiger charge is 2.38. The first kappa shape index (κ1) is 14.8. The van der Waals surface area contributed by atoms with Crippen LogP contribution in [0.3, 0.4) is 0 Å². The molecule has 3 unspecified atom stereocenters. The van der Waals surface area contributed by atoms with Gasteiger partial charge < -0.3 is 10.0 Å². The molecule has 1 aromatic rings. The largest absolute Gasteiger partial charge is 0.396 e. The average molecular weight is 309 g/mol. The Morgan fingerprint density at radius 3 is 2.86 bits per heavy atom. The second-order valence-electron chi connectivity index (χ2n) is 6.11. The van der Waals surface area contributed by atoms with Crippen LogP contribution in [0.25, 0.3) is 0 Å². The summed E-state index contributed by atoms with van der Waals surface area (Å²) in [4.78, 5) is 18.3. The standard InChI is InChI=1S/C16H21ClN2O2/c17-13-4-5-14(18-9-13)11-3-6-15(12(8-11)10-20)19-7-1-2-16(19)21/h4-5,9,11-12,15,20H,1-3,6-8,10H2. The van der Waals surface area contributed by atoms with Gasteiger partial charge in [0.15, 0.2) is 0 Å². The summed E-state index contributed by atoms with van der Waals surface area (Å²) >= 11 is 5.89. The summed E-state index contributed by atoms with van der Waals surface area (Å²) in [7, 11) is 0. The van der Waals surface area contributed by atoms with Gasteiger partial charge in [-0.2, -0.15) is 0 Å². The molecule has 114 valence electrons. The van der Waals surface area contributed by atoms with E-state index in [9.17, 15) is 9.90 Å². The van der Waals surface area contributed by atoms with Crippen LogP contribution >= 0.6 is 11.6 Å². The predicted molar refractivity (Wildman–Crippen MR) is 81.1 cm³/mol. The number of likely N-dealkylation sites (tertiary alicyclic amines) is 1. The van der Waals surface area contributed by atoms with E-state index in [1.54, 1.807) is 6.20 Å². The number of rotatable bonds is 3. The molecule has 2 fully saturated rings. The summed E-state index contributed by atoms with van der Waals surface area (Å²) in [6, 6.07) is 4.05. The van der Waals surface area contributed by atoms with Gasteiger partial charge >= 0.3 is 0 Å². The topological polar surface area (TPSA) is 53.4 Å². The Bertz CT molecular complexity index is 506. The van der Waals surface area contributed by atoms with Gasteiger partial charge in [-0.25, -0.2) is 0 Å². The molecular weight excluding hydrogens is 288 g/mol. The normalized spacial score (nSPS) is 29.9. The lowest BCUT2D eigenvalue weighted by Crippen LogP contribution is -2.45. The fourth-order valence-electron chi connectivity index (χ4n) is 3.77. The van der Waals surface area contributed by atoms with Crippen molar-refractivity contribution in [2.45, 2.75) is 44.1 Å². The van der Waals surface area contributed by atoms with Crippen molar-refractivity contribution >= 4 is 17.5 Å². The Labute approximate surface area is 130 Å². The van der Waals surface area contributed by atoms with Crippen molar-refractivity contribution in [3.8, 4) is 0 Å². The Hall–Kier alpha value is -1.13. The number of aliphatic hydroxyl groups is 1. The highest BCUT2D eigenvalue weighted by molar-refractivity contribution is 6.30. The molecule has 0 aromatic carbocycles. The van der Waals surface area contributed by atoms with E-state index in [-0.39, 0.29) is 24.5 Å². The van der Waals surface area contributed by atoms with Crippen molar-refractivity contribution in [1.29, 1.82) is 0 Å². The van der Waals surface area contributed by atoms with Crippen LogP contribution in [0.2, 0.25) is 5.02 Å². The second kappa shape index (κ2) is 6.32. The number of nitrogens with zero attached hydrogens (tertiary/aromatic N) is 2. The minimum atomic E-state index is 0.137. The summed E-state index contributed by atoms with van der Waals surface area (Å²) < 4.78 is 0. The molecule has 3 rings (SSSR count). The molecule has 0 bridgehead atoms. The molecule has 1 amide bonds. The Balaban J connectivity index is 1.71. The minimum Gasteiger partial charge on any atom is -0.396 e. The molecule has 1 aromatic heterocycles. The summed E-state index contributed by atoms with van der Waals surface area (Å²) in [5.41, 5.74) is 1.05. The van der Waals surface area contributed by atoms with Crippen molar-refractivity contribution in [2.75, 3.05) is 13.2 Å². The molecule has 21 heavy (non-hydrogen) atoms. The quantitative estimate of drug-likeness (QED) is 0.934. The SMILES string of the molecule is O=C1CCCN1C1CCC(c2ccc(Cl)cn2)CC1CO. The second-order valence-corrected chi connectivity index (χ2v) is 6.55. The van der Waals surface area contributed by atoms with Crippen LogP contribution in [0.4, 0.5) is 0 Å². The number of aliphatic hydroxyl groups excluding tert-OH is 1. The zero-order valence-electron chi connectivity index (χ0n) is 12.0. The molecule has 0 spiro atoms. The van der Waals surface area contributed by atoms with E-state index in [4.69, 9.17) is 11.6 Å². The van der Waals surface area contributed by atoms with Crippen molar-refractivity contribution in [3.63, 3.8) is 0 Å². The molecule has 1 saturated carbocycles. The molecule has 1 saturated heterocycles. The van der Waals surface area contributed by atoms with Gasteiger partial charge in [-0.05, 0) is 37.8 Å². The molecule has 4 nitrogen and oxygen atoms in total. The maximum Gasteiger partial charge on any atom is 0.222 e. The number of halogens is 1. The van der Waals surface area contributed by atoms with E-state index in [1.807, 2.05) is 17.0 Å². The number of hydrogen-bond donors (Lipinski definition) is 1. The van der Waals surface area contributed by atoms with Crippen LogP contribution in [0.15, 0.2) is 18.3 Å². The van der Waals surface area contributed by atoms with Gasteiger partial charge in [0, 0.05) is 49.3 Å². The predicted octanol–water partition coefficient (Wildman–Crippen LogP) is 2.60. The number of carbonyl (C=O) groups is 1. The molecule has 0 radical (unpaired) electrons. The van der Waals surface area contributed by atoms with Crippen LogP contribution in [0.5, 0.6) is 0 Å². The minimum absolute atomic E-state index is 0.137. The van der Waals surface area contributed by atoms with Gasteiger partial charge in [-0.3, -0.25) is 9.78 Å². The van der Waals surface area contributed by atoms with Crippen molar-refractivity contribution in [1.82, 2.24) is 9.88 Å². The van der Waals surface area contributed by atoms with E-state index in [0.29, 0.717) is 17.4 Å². The molecule has 3 atom stereocenters. The van der Waals surface area contributed by atoms with Gasteiger partial charge in [-0.15, -0.1) is 0 Å². The first-order valence-electron chi connectivity index (χ1n) is 7.71. The average Bonchev–Trinajstić information content (AvgIpc) is 2.93. The Kier molecular flexibility index (Phi) is 4.45. The van der Waals surface area contributed by atoms with Gasteiger partial charge in [-0.1, -0.05) is 11.6 Å². The lowest BCUT2D eigenvalue weighted by Gasteiger charge is -2.40. The van der Waals surface area contributed by atoms with Crippen molar-refractivity contribution in [3.05, 3.63) is 29.0 Å². The smallest absolute Gasteiger partial charge is 0.222 e. The van der Waals surface area contributed by atoms with Crippen LogP contribution in [0, 0.1) is 5.92 Å². The zero-order valence-corrected chi connectivity index (χ0v) is 12.8. The Morgan fingerprint density at radius 2 is 2.24 bits per heavy atom. The first-order chi connectivity index (χ1) is 10.2. The third-order valence-corrected chi connectivity index (χ3v) is 5.08. The highest BCUT2D eigenvalue weighted by Crippen LogP contribution is 2.38. The van der Waals surface area contributed by atoms with Gasteiger partial charge in [0.2, 0.25) is 5.91 Å². The molecular formula is C16H21ClN2O2. The summed E-state index contributed by atoms with van der Waals surface area (Å²) in [6.07, 6.45) is 6.15.